The number of sulfonamides is 1. The third-order valence-corrected chi connectivity index (χ3v) is 11.5. The van der Waals surface area contributed by atoms with Gasteiger partial charge in [-0.3, -0.25) is 9.88 Å². The zero-order valence-corrected chi connectivity index (χ0v) is 27.1. The van der Waals surface area contributed by atoms with E-state index in [1.807, 2.05) is 56.5 Å². The second kappa shape index (κ2) is 13.0. The van der Waals surface area contributed by atoms with Crippen molar-refractivity contribution < 1.29 is 12.8 Å². The summed E-state index contributed by atoms with van der Waals surface area (Å²) in [5.74, 6) is 0. The van der Waals surface area contributed by atoms with Crippen molar-refractivity contribution in [2.24, 2.45) is 5.41 Å². The van der Waals surface area contributed by atoms with Gasteiger partial charge in [-0.05, 0) is 108 Å². The summed E-state index contributed by atoms with van der Waals surface area (Å²) in [6.45, 7) is 9.86. The number of benzene rings is 1. The Hall–Kier alpha value is -2.91. The normalized spacial score (nSPS) is 23.2. The summed E-state index contributed by atoms with van der Waals surface area (Å²) in [6.07, 6.45) is 16.3. The molecule has 43 heavy (non-hydrogen) atoms. The Kier molecular flexibility index (Phi) is 9.52. The fourth-order valence-electron chi connectivity index (χ4n) is 6.28. The van der Waals surface area contributed by atoms with E-state index in [1.165, 1.54) is 17.4 Å². The number of likely N-dealkylation sites (tertiary alicyclic amines) is 1. The first-order chi connectivity index (χ1) is 20.5. The number of nitrogens with one attached hydrogen (secondary N) is 1. The van der Waals surface area contributed by atoms with E-state index in [4.69, 9.17) is 0 Å². The SMILES string of the molecule is Cc1ccc(S(=O)(=O)NC(C2=C/CC/C=C/C=C\2)C2(CCc3ccc(F)s3)CCN(C(C)(C)c3ccc(C)nc3)C2)cc1. The van der Waals surface area contributed by atoms with Crippen LogP contribution in [0.15, 0.2) is 95.6 Å². The van der Waals surface area contributed by atoms with Crippen LogP contribution in [0.2, 0.25) is 0 Å². The molecule has 5 nitrogen and oxygen atoms in total. The lowest BCUT2D eigenvalue weighted by Crippen LogP contribution is -2.51. The summed E-state index contributed by atoms with van der Waals surface area (Å²) in [6, 6.07) is 14.1. The Morgan fingerprint density at radius 3 is 2.56 bits per heavy atom. The molecular formula is C35H42FN3O2S2. The maximum Gasteiger partial charge on any atom is 0.241 e. The molecule has 1 saturated heterocycles. The van der Waals surface area contributed by atoms with Crippen molar-refractivity contribution in [3.63, 3.8) is 0 Å². The van der Waals surface area contributed by atoms with Crippen LogP contribution < -0.4 is 4.72 Å². The lowest BCUT2D eigenvalue weighted by atomic mass is 9.72. The molecule has 228 valence electrons. The molecule has 3 heterocycles. The van der Waals surface area contributed by atoms with Gasteiger partial charge in [-0.25, -0.2) is 13.1 Å². The molecule has 2 unspecified atom stereocenters. The fourth-order valence-corrected chi connectivity index (χ4v) is 8.34. The van der Waals surface area contributed by atoms with Gasteiger partial charge in [0, 0.05) is 34.3 Å². The molecule has 0 spiro atoms. The molecule has 1 fully saturated rings. The number of aromatic nitrogens is 1. The number of hydrogen-bond donors (Lipinski definition) is 1. The predicted octanol–water partition coefficient (Wildman–Crippen LogP) is 7.64. The highest BCUT2D eigenvalue weighted by molar-refractivity contribution is 7.89. The summed E-state index contributed by atoms with van der Waals surface area (Å²) in [7, 11) is -3.84. The number of nitrogens with zero attached hydrogens (tertiary/aromatic N) is 2. The minimum atomic E-state index is -3.84. The van der Waals surface area contributed by atoms with Crippen molar-refractivity contribution in [1.82, 2.24) is 14.6 Å². The van der Waals surface area contributed by atoms with Gasteiger partial charge in [0.25, 0.3) is 0 Å². The van der Waals surface area contributed by atoms with E-state index < -0.39 is 21.5 Å². The van der Waals surface area contributed by atoms with Gasteiger partial charge in [0.2, 0.25) is 10.0 Å². The number of allylic oxidation sites excluding steroid dienone is 4. The zero-order valence-electron chi connectivity index (χ0n) is 25.5. The largest absolute Gasteiger partial charge is 0.293 e. The second-order valence-electron chi connectivity index (χ2n) is 12.4. The maximum atomic E-state index is 14.0. The molecular weight excluding hydrogens is 578 g/mol. The van der Waals surface area contributed by atoms with Gasteiger partial charge in [-0.15, -0.1) is 11.3 Å². The van der Waals surface area contributed by atoms with Crippen LogP contribution in [0, 0.1) is 24.4 Å². The number of thiophene rings is 1. The molecule has 1 aliphatic carbocycles. The highest BCUT2D eigenvalue weighted by Crippen LogP contribution is 2.46. The van der Waals surface area contributed by atoms with E-state index in [9.17, 15) is 12.8 Å². The van der Waals surface area contributed by atoms with Gasteiger partial charge in [-0.1, -0.05) is 54.1 Å². The first kappa shape index (κ1) is 31.5. The van der Waals surface area contributed by atoms with E-state index >= 15 is 0 Å². The van der Waals surface area contributed by atoms with E-state index in [1.54, 1.807) is 12.1 Å². The van der Waals surface area contributed by atoms with Gasteiger partial charge >= 0.3 is 0 Å². The predicted molar refractivity (Wildman–Crippen MR) is 174 cm³/mol. The summed E-state index contributed by atoms with van der Waals surface area (Å²) in [5.41, 5.74) is 3.33. The van der Waals surface area contributed by atoms with Gasteiger partial charge in [0.15, 0.2) is 5.13 Å². The molecule has 1 aromatic carbocycles. The molecule has 0 radical (unpaired) electrons. The third kappa shape index (κ3) is 7.26. The van der Waals surface area contributed by atoms with Crippen LogP contribution in [0.25, 0.3) is 0 Å². The Labute approximate surface area is 260 Å². The Balaban J connectivity index is 1.57. The summed E-state index contributed by atoms with van der Waals surface area (Å²) >= 11 is 1.17. The lowest BCUT2D eigenvalue weighted by molar-refractivity contribution is 0.119. The average molecular weight is 620 g/mol. The van der Waals surface area contributed by atoms with E-state index in [0.717, 1.165) is 53.1 Å². The Bertz CT molecular complexity index is 1610. The smallest absolute Gasteiger partial charge is 0.241 e. The van der Waals surface area contributed by atoms with Crippen LogP contribution in [-0.2, 0) is 22.0 Å². The lowest BCUT2D eigenvalue weighted by Gasteiger charge is -2.42. The summed E-state index contributed by atoms with van der Waals surface area (Å²) < 4.78 is 45.3. The van der Waals surface area contributed by atoms with Crippen molar-refractivity contribution >= 4 is 21.4 Å². The van der Waals surface area contributed by atoms with Crippen LogP contribution in [0.3, 0.4) is 0 Å². The molecule has 2 aliphatic rings. The van der Waals surface area contributed by atoms with Gasteiger partial charge in [0.05, 0.1) is 10.9 Å². The van der Waals surface area contributed by atoms with Gasteiger partial charge < -0.3 is 0 Å². The van der Waals surface area contributed by atoms with E-state index in [0.29, 0.717) is 19.4 Å². The zero-order chi connectivity index (χ0) is 30.7. The van der Waals surface area contributed by atoms with Gasteiger partial charge in [-0.2, -0.15) is 4.39 Å². The monoisotopic (exact) mass is 619 g/mol. The summed E-state index contributed by atoms with van der Waals surface area (Å²) in [5, 5.41) is -0.195. The van der Waals surface area contributed by atoms with Gasteiger partial charge in [0.1, 0.15) is 0 Å². The third-order valence-electron chi connectivity index (χ3n) is 9.09. The quantitative estimate of drug-likeness (QED) is 0.253. The highest BCUT2D eigenvalue weighted by atomic mass is 32.2. The standard InChI is InChI=1S/C35H42FN3O2S2/c1-26-12-17-31(18-13-26)43(40,41)38-33(28-10-8-6-5-7-9-11-28)35(21-20-30-16-19-32(36)42-30)22-23-39(25-35)34(3,4)29-15-14-27(2)37-24-29/h5-6,8,10-19,24,33,38H,7,9,20-23,25H2,1-4H3/b6-5+,10-8-,28-11+. The second-order valence-corrected chi connectivity index (χ2v) is 15.3. The number of halogens is 1. The molecule has 5 rings (SSSR count). The fraction of sp³-hybridized carbons (Fsp3) is 0.400. The number of rotatable bonds is 10. The molecule has 0 bridgehead atoms. The highest BCUT2D eigenvalue weighted by Gasteiger charge is 2.49. The Morgan fingerprint density at radius 1 is 1.07 bits per heavy atom. The van der Waals surface area contributed by atoms with Crippen LogP contribution in [-0.4, -0.2) is 37.4 Å². The molecule has 0 amide bonds. The summed E-state index contributed by atoms with van der Waals surface area (Å²) in [4.78, 5) is 8.27. The topological polar surface area (TPSA) is 62.3 Å². The Morgan fingerprint density at radius 2 is 1.86 bits per heavy atom. The maximum absolute atomic E-state index is 14.0. The van der Waals surface area contributed by atoms with Crippen molar-refractivity contribution in [2.45, 2.75) is 76.3 Å². The van der Waals surface area contributed by atoms with Crippen LogP contribution >= 0.6 is 11.3 Å². The van der Waals surface area contributed by atoms with Crippen LogP contribution in [0.4, 0.5) is 4.39 Å². The average Bonchev–Trinajstić information content (AvgIpc) is 3.59. The van der Waals surface area contributed by atoms with E-state index in [2.05, 4.69) is 52.7 Å². The number of hydrogen-bond acceptors (Lipinski definition) is 5. The molecule has 2 atom stereocenters. The first-order valence-electron chi connectivity index (χ1n) is 15.0. The molecule has 1 N–H and O–H groups in total. The minimum absolute atomic E-state index is 0.195. The molecule has 1 aliphatic heterocycles. The number of pyridine rings is 1. The van der Waals surface area contributed by atoms with Crippen molar-refractivity contribution in [3.05, 3.63) is 118 Å². The van der Waals surface area contributed by atoms with Crippen LogP contribution in [0.1, 0.15) is 61.2 Å². The van der Waals surface area contributed by atoms with E-state index in [-0.39, 0.29) is 15.6 Å². The number of aryl methyl sites for hydroxylation is 3. The van der Waals surface area contributed by atoms with Crippen LogP contribution in [0.5, 0.6) is 0 Å². The molecule has 8 heteroatoms. The van der Waals surface area contributed by atoms with Crippen molar-refractivity contribution in [2.75, 3.05) is 13.1 Å². The van der Waals surface area contributed by atoms with Crippen molar-refractivity contribution in [3.8, 4) is 0 Å². The molecule has 2 aromatic heterocycles. The molecule has 3 aromatic rings. The minimum Gasteiger partial charge on any atom is -0.293 e. The molecule has 0 saturated carbocycles. The van der Waals surface area contributed by atoms with Crippen molar-refractivity contribution in [1.29, 1.82) is 0 Å². The first-order valence-corrected chi connectivity index (χ1v) is 17.3.